The molecule has 0 fully saturated rings. The van der Waals surface area contributed by atoms with Crippen LogP contribution in [-0.2, 0) is 5.88 Å². The van der Waals surface area contributed by atoms with Crippen molar-refractivity contribution in [1.82, 2.24) is 0 Å². The molecule has 96 valence electrons. The Morgan fingerprint density at radius 2 is 1.95 bits per heavy atom. The highest BCUT2D eigenvalue weighted by Crippen LogP contribution is 2.30. The molecule has 0 unspecified atom stereocenters. The maximum absolute atomic E-state index is 9.13. The lowest BCUT2D eigenvalue weighted by Gasteiger charge is -2.21. The summed E-state index contributed by atoms with van der Waals surface area (Å²) in [5.74, 6) is 0.387. The van der Waals surface area contributed by atoms with Crippen LogP contribution in [0.1, 0.15) is 11.1 Å². The quantitative estimate of drug-likeness (QED) is 0.765. The molecule has 0 spiro atoms. The number of benzene rings is 2. The molecule has 0 bridgehead atoms. The summed E-state index contributed by atoms with van der Waals surface area (Å²) in [7, 11) is 1.90. The van der Waals surface area contributed by atoms with E-state index in [-0.39, 0.29) is 0 Å². The smallest absolute Gasteiger partial charge is 0.101 e. The standard InChI is InChI=1S/C15H12Cl2N2/c1-19(15-5-3-2-4-12(15)10-18)13-7-6-11(9-16)14(17)8-13/h2-8H,9H2,1H3. The third-order valence-corrected chi connectivity index (χ3v) is 3.59. The number of hydrogen-bond donors (Lipinski definition) is 0. The average molecular weight is 291 g/mol. The monoisotopic (exact) mass is 290 g/mol. The Bertz CT molecular complexity index is 632. The van der Waals surface area contributed by atoms with Crippen LogP contribution in [0.3, 0.4) is 0 Å². The lowest BCUT2D eigenvalue weighted by Crippen LogP contribution is -2.11. The molecular weight excluding hydrogens is 279 g/mol. The molecule has 2 nitrogen and oxygen atoms in total. The second kappa shape index (κ2) is 5.97. The molecule has 19 heavy (non-hydrogen) atoms. The van der Waals surface area contributed by atoms with Crippen LogP contribution >= 0.6 is 23.2 Å². The second-order valence-electron chi connectivity index (χ2n) is 4.10. The Labute approximate surface area is 122 Å². The van der Waals surface area contributed by atoms with Crippen molar-refractivity contribution in [2.75, 3.05) is 11.9 Å². The summed E-state index contributed by atoms with van der Waals surface area (Å²) in [5.41, 5.74) is 3.29. The van der Waals surface area contributed by atoms with E-state index in [1.54, 1.807) is 6.07 Å². The third-order valence-electron chi connectivity index (χ3n) is 2.95. The van der Waals surface area contributed by atoms with Crippen LogP contribution < -0.4 is 4.90 Å². The summed E-state index contributed by atoms with van der Waals surface area (Å²) in [6.07, 6.45) is 0. The van der Waals surface area contributed by atoms with Crippen molar-refractivity contribution in [3.63, 3.8) is 0 Å². The zero-order valence-electron chi connectivity index (χ0n) is 10.4. The van der Waals surface area contributed by atoms with E-state index in [1.165, 1.54) is 0 Å². The number of halogens is 2. The minimum atomic E-state index is 0.387. The maximum Gasteiger partial charge on any atom is 0.101 e. The van der Waals surface area contributed by atoms with Gasteiger partial charge in [-0.15, -0.1) is 11.6 Å². The van der Waals surface area contributed by atoms with Crippen LogP contribution in [-0.4, -0.2) is 7.05 Å². The molecule has 2 rings (SSSR count). The van der Waals surface area contributed by atoms with Gasteiger partial charge in [-0.3, -0.25) is 0 Å². The molecule has 4 heteroatoms. The zero-order chi connectivity index (χ0) is 13.8. The molecular formula is C15H12Cl2N2. The first-order valence-electron chi connectivity index (χ1n) is 5.74. The highest BCUT2D eigenvalue weighted by atomic mass is 35.5. The summed E-state index contributed by atoms with van der Waals surface area (Å²) < 4.78 is 0. The van der Waals surface area contributed by atoms with Gasteiger partial charge in [-0.2, -0.15) is 5.26 Å². The van der Waals surface area contributed by atoms with Gasteiger partial charge in [-0.25, -0.2) is 0 Å². The van der Waals surface area contributed by atoms with Crippen LogP contribution in [0, 0.1) is 11.3 Å². The van der Waals surface area contributed by atoms with Crippen molar-refractivity contribution in [1.29, 1.82) is 5.26 Å². The summed E-state index contributed by atoms with van der Waals surface area (Å²) in [6.45, 7) is 0. The highest BCUT2D eigenvalue weighted by molar-refractivity contribution is 6.32. The molecule has 0 aliphatic carbocycles. The van der Waals surface area contributed by atoms with E-state index < -0.39 is 0 Å². The molecule has 0 amide bonds. The molecule has 2 aromatic rings. The number of hydrogen-bond acceptors (Lipinski definition) is 2. The Balaban J connectivity index is 2.42. The number of para-hydroxylation sites is 1. The van der Waals surface area contributed by atoms with E-state index in [2.05, 4.69) is 6.07 Å². The Morgan fingerprint density at radius 1 is 1.21 bits per heavy atom. The number of rotatable bonds is 3. The number of alkyl halides is 1. The fraction of sp³-hybridized carbons (Fsp3) is 0.133. The van der Waals surface area contributed by atoms with Gasteiger partial charge in [0.2, 0.25) is 0 Å². The molecule has 0 atom stereocenters. The van der Waals surface area contributed by atoms with Crippen LogP contribution in [0.15, 0.2) is 42.5 Å². The number of nitriles is 1. The summed E-state index contributed by atoms with van der Waals surface area (Å²) in [4.78, 5) is 1.93. The molecule has 0 radical (unpaired) electrons. The highest BCUT2D eigenvalue weighted by Gasteiger charge is 2.10. The van der Waals surface area contributed by atoms with Crippen molar-refractivity contribution in [2.45, 2.75) is 5.88 Å². The second-order valence-corrected chi connectivity index (χ2v) is 4.77. The van der Waals surface area contributed by atoms with Crippen molar-refractivity contribution in [2.24, 2.45) is 0 Å². The van der Waals surface area contributed by atoms with Crippen LogP contribution in [0.5, 0.6) is 0 Å². The first-order chi connectivity index (χ1) is 9.17. The Kier molecular flexibility index (Phi) is 4.31. The molecule has 0 aromatic heterocycles. The predicted molar refractivity (Wildman–Crippen MR) is 80.2 cm³/mol. The summed E-state index contributed by atoms with van der Waals surface area (Å²) in [5, 5.41) is 9.76. The lowest BCUT2D eigenvalue weighted by atomic mass is 10.1. The topological polar surface area (TPSA) is 27.0 Å². The summed E-state index contributed by atoms with van der Waals surface area (Å²) in [6, 6.07) is 15.3. The molecule has 0 N–H and O–H groups in total. The van der Waals surface area contributed by atoms with E-state index in [1.807, 2.05) is 48.3 Å². The third kappa shape index (κ3) is 2.84. The zero-order valence-corrected chi connectivity index (χ0v) is 11.9. The minimum Gasteiger partial charge on any atom is -0.344 e. The lowest BCUT2D eigenvalue weighted by molar-refractivity contribution is 1.19. The fourth-order valence-electron chi connectivity index (χ4n) is 1.85. The van der Waals surface area contributed by atoms with Crippen LogP contribution in [0.4, 0.5) is 11.4 Å². The van der Waals surface area contributed by atoms with Crippen molar-refractivity contribution >= 4 is 34.6 Å². The van der Waals surface area contributed by atoms with Crippen molar-refractivity contribution in [3.05, 3.63) is 58.6 Å². The van der Waals surface area contributed by atoms with E-state index in [9.17, 15) is 0 Å². The van der Waals surface area contributed by atoms with Crippen LogP contribution in [0.2, 0.25) is 5.02 Å². The number of nitrogens with zero attached hydrogens (tertiary/aromatic N) is 2. The molecule has 0 heterocycles. The maximum atomic E-state index is 9.13. The Hall–Kier alpha value is -1.69. The molecule has 0 aliphatic heterocycles. The first kappa shape index (κ1) is 13.7. The largest absolute Gasteiger partial charge is 0.344 e. The van der Waals surface area contributed by atoms with Gasteiger partial charge in [0, 0.05) is 23.6 Å². The summed E-state index contributed by atoms with van der Waals surface area (Å²) >= 11 is 11.9. The SMILES string of the molecule is CN(c1ccc(CCl)c(Cl)c1)c1ccccc1C#N. The predicted octanol–water partition coefficient (Wildman–Crippen LogP) is 4.72. The van der Waals surface area contributed by atoms with Crippen LogP contribution in [0.25, 0.3) is 0 Å². The molecule has 0 saturated carbocycles. The fourth-order valence-corrected chi connectivity index (χ4v) is 2.40. The van der Waals surface area contributed by atoms with Gasteiger partial charge in [0.25, 0.3) is 0 Å². The normalized spacial score (nSPS) is 10.0. The van der Waals surface area contributed by atoms with Gasteiger partial charge < -0.3 is 4.90 Å². The molecule has 0 saturated heterocycles. The van der Waals surface area contributed by atoms with Crippen molar-refractivity contribution < 1.29 is 0 Å². The molecule has 2 aromatic carbocycles. The van der Waals surface area contributed by atoms with Gasteiger partial charge in [0.1, 0.15) is 6.07 Å². The Morgan fingerprint density at radius 3 is 2.58 bits per heavy atom. The van der Waals surface area contributed by atoms with Gasteiger partial charge in [0.05, 0.1) is 11.3 Å². The molecule has 0 aliphatic rings. The van der Waals surface area contributed by atoms with E-state index in [0.717, 1.165) is 16.9 Å². The van der Waals surface area contributed by atoms with Gasteiger partial charge >= 0.3 is 0 Å². The number of anilines is 2. The van der Waals surface area contributed by atoms with Gasteiger partial charge in [-0.1, -0.05) is 29.8 Å². The van der Waals surface area contributed by atoms with Gasteiger partial charge in [-0.05, 0) is 29.8 Å². The van der Waals surface area contributed by atoms with E-state index >= 15 is 0 Å². The van der Waals surface area contributed by atoms with E-state index in [4.69, 9.17) is 28.5 Å². The average Bonchev–Trinajstić information content (AvgIpc) is 2.46. The van der Waals surface area contributed by atoms with Crippen molar-refractivity contribution in [3.8, 4) is 6.07 Å². The van der Waals surface area contributed by atoms with E-state index in [0.29, 0.717) is 16.5 Å². The van der Waals surface area contributed by atoms with Gasteiger partial charge in [0.15, 0.2) is 0 Å². The minimum absolute atomic E-state index is 0.387. The first-order valence-corrected chi connectivity index (χ1v) is 6.66.